The molecule has 0 saturated heterocycles. The summed E-state index contributed by atoms with van der Waals surface area (Å²) in [5.74, 6) is 1.58. The molecule has 2 aromatic carbocycles. The van der Waals surface area contributed by atoms with Gasteiger partial charge in [0.25, 0.3) is 0 Å². The van der Waals surface area contributed by atoms with Crippen LogP contribution in [0.4, 0.5) is 5.13 Å². The summed E-state index contributed by atoms with van der Waals surface area (Å²) in [6.07, 6.45) is 0.237. The highest BCUT2D eigenvalue weighted by atomic mass is 32.2. The van der Waals surface area contributed by atoms with Gasteiger partial charge in [-0.2, -0.15) is 0 Å². The van der Waals surface area contributed by atoms with E-state index in [-0.39, 0.29) is 12.3 Å². The van der Waals surface area contributed by atoms with Gasteiger partial charge in [0.1, 0.15) is 10.1 Å². The molecule has 2 aromatic heterocycles. The number of nitrogens with one attached hydrogen (secondary N) is 1. The molecule has 0 aliphatic rings. The zero-order chi connectivity index (χ0) is 21.8. The maximum atomic E-state index is 12.5. The molecule has 1 N–H and O–H groups in total. The largest absolute Gasteiger partial charge is 0.494 e. The van der Waals surface area contributed by atoms with Crippen molar-refractivity contribution in [3.8, 4) is 5.75 Å². The minimum absolute atomic E-state index is 0.111. The highest BCUT2D eigenvalue weighted by Gasteiger charge is 2.12. The van der Waals surface area contributed by atoms with Crippen LogP contribution < -0.4 is 10.1 Å². The Morgan fingerprint density at radius 3 is 2.87 bits per heavy atom. The molecule has 4 aromatic rings. The molecular weight excluding hydrogens is 446 g/mol. The minimum Gasteiger partial charge on any atom is -0.494 e. The number of thiazole rings is 2. The Bertz CT molecular complexity index is 1220. The third-order valence-corrected chi connectivity index (χ3v) is 7.70. The number of aryl methyl sites for hydroxylation is 2. The molecule has 8 heteroatoms. The summed E-state index contributed by atoms with van der Waals surface area (Å²) >= 11 is 4.74. The standard InChI is InChI=1S/C23H23N3O2S3/c1-4-28-18-7-8-19-20(11-18)31-22(25-19)26-21(27)10-17-13-30-23(24-17)29-12-16-9-14(2)5-6-15(16)3/h5-9,11,13H,4,10,12H2,1-3H3,(H,25,26,27). The SMILES string of the molecule is CCOc1ccc2nc(NC(=O)Cc3csc(SCc4cc(C)ccc4C)n3)sc2c1. The molecule has 0 unspecified atom stereocenters. The summed E-state index contributed by atoms with van der Waals surface area (Å²) in [6, 6.07) is 12.3. The molecular formula is C23H23N3O2S3. The number of benzene rings is 2. The van der Waals surface area contributed by atoms with Crippen LogP contribution in [-0.2, 0) is 17.0 Å². The Hall–Kier alpha value is -2.42. The van der Waals surface area contributed by atoms with E-state index >= 15 is 0 Å². The van der Waals surface area contributed by atoms with Crippen molar-refractivity contribution in [3.05, 3.63) is 64.2 Å². The molecule has 0 aliphatic carbocycles. The van der Waals surface area contributed by atoms with Gasteiger partial charge < -0.3 is 10.1 Å². The zero-order valence-electron chi connectivity index (χ0n) is 17.6. The van der Waals surface area contributed by atoms with E-state index in [9.17, 15) is 4.79 Å². The summed E-state index contributed by atoms with van der Waals surface area (Å²) in [5, 5.41) is 5.44. The molecule has 160 valence electrons. The summed E-state index contributed by atoms with van der Waals surface area (Å²) in [5.41, 5.74) is 5.51. The fourth-order valence-electron chi connectivity index (χ4n) is 3.07. The van der Waals surface area contributed by atoms with E-state index in [1.165, 1.54) is 28.0 Å². The van der Waals surface area contributed by atoms with Crippen molar-refractivity contribution in [1.29, 1.82) is 0 Å². The quantitative estimate of drug-likeness (QED) is 0.309. The summed E-state index contributed by atoms with van der Waals surface area (Å²) in [7, 11) is 0. The van der Waals surface area contributed by atoms with E-state index in [0.29, 0.717) is 11.7 Å². The van der Waals surface area contributed by atoms with Gasteiger partial charge in [-0.15, -0.1) is 11.3 Å². The van der Waals surface area contributed by atoms with Crippen molar-refractivity contribution >= 4 is 55.7 Å². The molecule has 4 rings (SSSR count). The first-order valence-corrected chi connectivity index (χ1v) is 12.6. The van der Waals surface area contributed by atoms with Gasteiger partial charge in [-0.1, -0.05) is 46.9 Å². The van der Waals surface area contributed by atoms with Crippen molar-refractivity contribution in [2.45, 2.75) is 37.3 Å². The molecule has 5 nitrogen and oxygen atoms in total. The van der Waals surface area contributed by atoms with Crippen LogP contribution in [0.3, 0.4) is 0 Å². The number of rotatable bonds is 8. The van der Waals surface area contributed by atoms with E-state index < -0.39 is 0 Å². The van der Waals surface area contributed by atoms with Gasteiger partial charge in [0.05, 0.1) is 28.9 Å². The number of thioether (sulfide) groups is 1. The van der Waals surface area contributed by atoms with Crippen molar-refractivity contribution in [2.75, 3.05) is 11.9 Å². The Labute approximate surface area is 193 Å². The maximum Gasteiger partial charge on any atom is 0.232 e. The summed E-state index contributed by atoms with van der Waals surface area (Å²) in [6.45, 7) is 6.81. The molecule has 0 atom stereocenters. The third kappa shape index (κ3) is 5.64. The normalized spacial score (nSPS) is 11.1. The van der Waals surface area contributed by atoms with Crippen LogP contribution in [-0.4, -0.2) is 22.5 Å². The Morgan fingerprint density at radius 1 is 1.16 bits per heavy atom. The number of anilines is 1. The minimum atomic E-state index is -0.111. The van der Waals surface area contributed by atoms with Crippen molar-refractivity contribution in [2.24, 2.45) is 0 Å². The fourth-order valence-corrected chi connectivity index (χ4v) is 5.89. The van der Waals surface area contributed by atoms with Gasteiger partial charge in [-0.05, 0) is 50.1 Å². The predicted molar refractivity (Wildman–Crippen MR) is 131 cm³/mol. The smallest absolute Gasteiger partial charge is 0.232 e. The average molecular weight is 470 g/mol. The first kappa shape index (κ1) is 21.8. The number of aromatic nitrogens is 2. The van der Waals surface area contributed by atoms with Crippen LogP contribution in [0, 0.1) is 13.8 Å². The van der Waals surface area contributed by atoms with E-state index in [1.54, 1.807) is 23.1 Å². The van der Waals surface area contributed by atoms with Gasteiger partial charge in [-0.3, -0.25) is 4.79 Å². The molecule has 0 bridgehead atoms. The first-order valence-electron chi connectivity index (χ1n) is 9.96. The number of fused-ring (bicyclic) bond motifs is 1. The van der Waals surface area contributed by atoms with Gasteiger partial charge in [0.15, 0.2) is 5.13 Å². The van der Waals surface area contributed by atoms with Crippen molar-refractivity contribution in [3.63, 3.8) is 0 Å². The zero-order valence-corrected chi connectivity index (χ0v) is 20.0. The molecule has 0 saturated carbocycles. The van der Waals surface area contributed by atoms with E-state index in [1.807, 2.05) is 30.5 Å². The lowest BCUT2D eigenvalue weighted by atomic mass is 10.1. The number of nitrogens with zero attached hydrogens (tertiary/aromatic N) is 2. The van der Waals surface area contributed by atoms with Crippen LogP contribution in [0.1, 0.15) is 29.3 Å². The van der Waals surface area contributed by atoms with E-state index in [0.717, 1.165) is 31.8 Å². The van der Waals surface area contributed by atoms with Crippen LogP contribution in [0.5, 0.6) is 5.75 Å². The third-order valence-electron chi connectivity index (χ3n) is 4.65. The van der Waals surface area contributed by atoms with Crippen LogP contribution >= 0.6 is 34.4 Å². The highest BCUT2D eigenvalue weighted by molar-refractivity contribution is 8.00. The van der Waals surface area contributed by atoms with Gasteiger partial charge in [0.2, 0.25) is 5.91 Å². The second-order valence-electron chi connectivity index (χ2n) is 7.13. The predicted octanol–water partition coefficient (Wildman–Crippen LogP) is 6.24. The lowest BCUT2D eigenvalue weighted by Gasteiger charge is -2.05. The topological polar surface area (TPSA) is 64.1 Å². The molecule has 1 amide bonds. The Morgan fingerprint density at radius 2 is 2.03 bits per heavy atom. The van der Waals surface area contributed by atoms with Crippen molar-refractivity contribution < 1.29 is 9.53 Å². The number of carbonyl (C=O) groups excluding carboxylic acids is 1. The van der Waals surface area contributed by atoms with Gasteiger partial charge in [-0.25, -0.2) is 9.97 Å². The Kier molecular flexibility index (Phi) is 6.89. The number of ether oxygens (including phenoxy) is 1. The molecule has 0 fully saturated rings. The van der Waals surface area contributed by atoms with Crippen LogP contribution in [0.25, 0.3) is 10.2 Å². The molecule has 0 aliphatic heterocycles. The molecule has 0 spiro atoms. The Balaban J connectivity index is 1.34. The monoisotopic (exact) mass is 469 g/mol. The molecule has 31 heavy (non-hydrogen) atoms. The first-order chi connectivity index (χ1) is 15.0. The number of hydrogen-bond acceptors (Lipinski definition) is 7. The van der Waals surface area contributed by atoms with Crippen molar-refractivity contribution in [1.82, 2.24) is 9.97 Å². The summed E-state index contributed by atoms with van der Waals surface area (Å²) < 4.78 is 7.49. The fraction of sp³-hybridized carbons (Fsp3) is 0.261. The van der Waals surface area contributed by atoms with E-state index in [2.05, 4.69) is 47.3 Å². The number of hydrogen-bond donors (Lipinski definition) is 1. The lowest BCUT2D eigenvalue weighted by Crippen LogP contribution is -2.14. The second-order valence-corrected chi connectivity index (χ2v) is 10.2. The molecule has 2 heterocycles. The van der Waals surface area contributed by atoms with Crippen LogP contribution in [0.2, 0.25) is 0 Å². The summed E-state index contributed by atoms with van der Waals surface area (Å²) in [4.78, 5) is 21.6. The van der Waals surface area contributed by atoms with Crippen LogP contribution in [0.15, 0.2) is 46.1 Å². The van der Waals surface area contributed by atoms with Gasteiger partial charge >= 0.3 is 0 Å². The van der Waals surface area contributed by atoms with Gasteiger partial charge in [0, 0.05) is 11.1 Å². The average Bonchev–Trinajstić information content (AvgIpc) is 3.34. The second kappa shape index (κ2) is 9.80. The number of amides is 1. The molecule has 0 radical (unpaired) electrons. The lowest BCUT2D eigenvalue weighted by molar-refractivity contribution is -0.115. The highest BCUT2D eigenvalue weighted by Crippen LogP contribution is 2.30. The maximum absolute atomic E-state index is 12.5. The number of carbonyl (C=O) groups is 1. The van der Waals surface area contributed by atoms with E-state index in [4.69, 9.17) is 4.74 Å².